The van der Waals surface area contributed by atoms with Crippen LogP contribution in [0.15, 0.2) is 24.3 Å². The molecular weight excluding hydrogens is 256 g/mol. The van der Waals surface area contributed by atoms with Crippen molar-refractivity contribution < 1.29 is 0 Å². The molecule has 2 aliphatic rings. The number of hydrogen-bond donors (Lipinski definition) is 1. The monoisotopic (exact) mass is 286 g/mol. The first-order chi connectivity index (χ1) is 10.1. The molecule has 2 aliphatic carbocycles. The van der Waals surface area contributed by atoms with E-state index in [0.717, 1.165) is 12.5 Å². The molecule has 0 bridgehead atoms. The Morgan fingerprint density at radius 1 is 1.24 bits per heavy atom. The van der Waals surface area contributed by atoms with Crippen molar-refractivity contribution in [3.05, 3.63) is 35.4 Å². The average molecular weight is 286 g/mol. The van der Waals surface area contributed by atoms with Crippen LogP contribution in [0, 0.1) is 5.92 Å². The van der Waals surface area contributed by atoms with Crippen molar-refractivity contribution in [2.24, 2.45) is 5.92 Å². The van der Waals surface area contributed by atoms with Crippen LogP contribution in [-0.4, -0.2) is 30.6 Å². The number of fused-ring (bicyclic) bond motifs is 1. The first kappa shape index (κ1) is 15.1. The van der Waals surface area contributed by atoms with E-state index >= 15 is 0 Å². The van der Waals surface area contributed by atoms with Crippen molar-refractivity contribution in [1.82, 2.24) is 10.2 Å². The summed E-state index contributed by atoms with van der Waals surface area (Å²) in [4.78, 5) is 2.66. The van der Waals surface area contributed by atoms with E-state index in [4.69, 9.17) is 0 Å². The third-order valence-corrected chi connectivity index (χ3v) is 5.74. The Bertz CT molecular complexity index is 480. The minimum absolute atomic E-state index is 0.480. The Hall–Kier alpha value is -0.860. The fraction of sp³-hybridized carbons (Fsp3) is 0.684. The molecule has 0 radical (unpaired) electrons. The van der Waals surface area contributed by atoms with Gasteiger partial charge in [0.1, 0.15) is 0 Å². The molecule has 1 fully saturated rings. The summed E-state index contributed by atoms with van der Waals surface area (Å²) < 4.78 is 0. The highest BCUT2D eigenvalue weighted by Crippen LogP contribution is 2.42. The van der Waals surface area contributed by atoms with Crippen molar-refractivity contribution in [3.8, 4) is 0 Å². The highest BCUT2D eigenvalue weighted by Gasteiger charge is 2.39. The molecule has 1 aromatic carbocycles. The van der Waals surface area contributed by atoms with Gasteiger partial charge in [0.05, 0.1) is 0 Å². The smallest absolute Gasteiger partial charge is 0.0481 e. The molecule has 1 N–H and O–H groups in total. The molecule has 4 unspecified atom stereocenters. The molecule has 0 aliphatic heterocycles. The number of nitrogens with one attached hydrogen (secondary N) is 1. The van der Waals surface area contributed by atoms with Crippen molar-refractivity contribution in [2.45, 2.75) is 64.1 Å². The fourth-order valence-corrected chi connectivity index (χ4v) is 4.16. The van der Waals surface area contributed by atoms with Crippen molar-refractivity contribution >= 4 is 0 Å². The lowest BCUT2D eigenvalue weighted by atomic mass is 9.77. The van der Waals surface area contributed by atoms with E-state index in [-0.39, 0.29) is 0 Å². The minimum Gasteiger partial charge on any atom is -0.309 e. The van der Waals surface area contributed by atoms with Gasteiger partial charge in [-0.05, 0) is 62.7 Å². The molecule has 2 heteroatoms. The van der Waals surface area contributed by atoms with E-state index < -0.39 is 0 Å². The number of nitrogens with zero attached hydrogens (tertiary/aromatic N) is 1. The van der Waals surface area contributed by atoms with Gasteiger partial charge in [-0.1, -0.05) is 38.1 Å². The second-order valence-electron chi connectivity index (χ2n) is 7.11. The highest BCUT2D eigenvalue weighted by molar-refractivity contribution is 5.36. The Morgan fingerprint density at radius 3 is 2.52 bits per heavy atom. The summed E-state index contributed by atoms with van der Waals surface area (Å²) in [5, 5.41) is 3.76. The largest absolute Gasteiger partial charge is 0.309 e. The molecule has 1 aromatic rings. The van der Waals surface area contributed by atoms with Crippen LogP contribution in [0.2, 0.25) is 0 Å². The standard InChI is InChI=1S/C19H30N2/c1-5-20-19-17-9-7-6-8-16(17)13(2)12-18(19)21(4)14(3)15-10-11-15/h6-9,13-15,18-20H,5,10-12H2,1-4H3. The van der Waals surface area contributed by atoms with E-state index in [2.05, 4.69) is 62.3 Å². The SMILES string of the molecule is CCNC1c2ccccc2C(C)CC1N(C)C(C)C1CC1. The predicted molar refractivity (Wildman–Crippen MR) is 89.6 cm³/mol. The lowest BCUT2D eigenvalue weighted by Crippen LogP contribution is -2.49. The van der Waals surface area contributed by atoms with Crippen LogP contribution in [-0.2, 0) is 0 Å². The van der Waals surface area contributed by atoms with Crippen LogP contribution in [0.3, 0.4) is 0 Å². The van der Waals surface area contributed by atoms with Crippen molar-refractivity contribution in [3.63, 3.8) is 0 Å². The maximum atomic E-state index is 3.76. The van der Waals surface area contributed by atoms with Gasteiger partial charge < -0.3 is 5.32 Å². The Balaban J connectivity index is 1.89. The molecule has 2 nitrogen and oxygen atoms in total. The molecule has 0 amide bonds. The second-order valence-corrected chi connectivity index (χ2v) is 7.11. The lowest BCUT2D eigenvalue weighted by Gasteiger charge is -2.44. The van der Waals surface area contributed by atoms with Crippen molar-refractivity contribution in [2.75, 3.05) is 13.6 Å². The van der Waals surface area contributed by atoms with Crippen LogP contribution in [0.25, 0.3) is 0 Å². The molecule has 0 aromatic heterocycles. The predicted octanol–water partition coefficient (Wildman–Crippen LogP) is 3.94. The summed E-state index contributed by atoms with van der Waals surface area (Å²) in [5.41, 5.74) is 3.07. The highest BCUT2D eigenvalue weighted by atomic mass is 15.2. The van der Waals surface area contributed by atoms with Crippen LogP contribution in [0.4, 0.5) is 0 Å². The number of hydrogen-bond acceptors (Lipinski definition) is 2. The van der Waals surface area contributed by atoms with E-state index in [1.54, 1.807) is 5.56 Å². The zero-order chi connectivity index (χ0) is 15.0. The van der Waals surface area contributed by atoms with Gasteiger partial charge in [-0.15, -0.1) is 0 Å². The normalized spacial score (nSPS) is 30.2. The summed E-state index contributed by atoms with van der Waals surface area (Å²) in [6, 6.07) is 10.9. The molecule has 0 saturated heterocycles. The molecule has 116 valence electrons. The third kappa shape index (κ3) is 2.89. The summed E-state index contributed by atoms with van der Waals surface area (Å²) in [6.45, 7) is 8.08. The molecular formula is C19H30N2. The van der Waals surface area contributed by atoms with Gasteiger partial charge >= 0.3 is 0 Å². The van der Waals surface area contributed by atoms with E-state index in [0.29, 0.717) is 24.0 Å². The maximum absolute atomic E-state index is 3.76. The van der Waals surface area contributed by atoms with Gasteiger partial charge in [0, 0.05) is 18.1 Å². The zero-order valence-electron chi connectivity index (χ0n) is 14.0. The Kier molecular flexibility index (Phi) is 4.37. The van der Waals surface area contributed by atoms with Crippen LogP contribution in [0.1, 0.15) is 63.1 Å². The van der Waals surface area contributed by atoms with Crippen molar-refractivity contribution in [1.29, 1.82) is 0 Å². The van der Waals surface area contributed by atoms with E-state index in [1.165, 1.54) is 24.8 Å². The number of benzene rings is 1. The van der Waals surface area contributed by atoms with Gasteiger partial charge in [0.25, 0.3) is 0 Å². The molecule has 21 heavy (non-hydrogen) atoms. The first-order valence-corrected chi connectivity index (χ1v) is 8.67. The van der Waals surface area contributed by atoms with Crippen LogP contribution < -0.4 is 5.32 Å². The average Bonchev–Trinajstić information content (AvgIpc) is 3.33. The summed E-state index contributed by atoms with van der Waals surface area (Å²) in [6.07, 6.45) is 4.12. The first-order valence-electron chi connectivity index (χ1n) is 8.67. The quantitative estimate of drug-likeness (QED) is 0.882. The summed E-state index contributed by atoms with van der Waals surface area (Å²) in [5.74, 6) is 1.60. The zero-order valence-corrected chi connectivity index (χ0v) is 14.0. The van der Waals surface area contributed by atoms with Crippen LogP contribution >= 0.6 is 0 Å². The minimum atomic E-state index is 0.480. The molecule has 3 rings (SSSR count). The van der Waals surface area contributed by atoms with Crippen LogP contribution in [0.5, 0.6) is 0 Å². The van der Waals surface area contributed by atoms with Gasteiger partial charge in [-0.3, -0.25) is 4.90 Å². The van der Waals surface area contributed by atoms with Gasteiger partial charge in [0.2, 0.25) is 0 Å². The molecule has 0 spiro atoms. The fourth-order valence-electron chi connectivity index (χ4n) is 4.16. The van der Waals surface area contributed by atoms with Gasteiger partial charge in [0.15, 0.2) is 0 Å². The van der Waals surface area contributed by atoms with Gasteiger partial charge in [-0.25, -0.2) is 0 Å². The summed E-state index contributed by atoms with van der Waals surface area (Å²) >= 11 is 0. The van der Waals surface area contributed by atoms with E-state index in [1.807, 2.05) is 0 Å². The Morgan fingerprint density at radius 2 is 1.90 bits per heavy atom. The third-order valence-electron chi connectivity index (χ3n) is 5.74. The number of likely N-dealkylation sites (N-methyl/N-ethyl adjacent to an activating group) is 2. The lowest BCUT2D eigenvalue weighted by molar-refractivity contribution is 0.113. The maximum Gasteiger partial charge on any atom is 0.0481 e. The molecule has 4 atom stereocenters. The summed E-state index contributed by atoms with van der Waals surface area (Å²) in [7, 11) is 2.35. The molecule has 0 heterocycles. The second kappa shape index (κ2) is 6.10. The van der Waals surface area contributed by atoms with Gasteiger partial charge in [-0.2, -0.15) is 0 Å². The van der Waals surface area contributed by atoms with E-state index in [9.17, 15) is 0 Å². The Labute approximate surface area is 129 Å². The number of rotatable bonds is 5. The molecule has 1 saturated carbocycles. The topological polar surface area (TPSA) is 15.3 Å².